The third-order valence-electron chi connectivity index (χ3n) is 5.25. The van der Waals surface area contributed by atoms with Gasteiger partial charge in [-0.25, -0.2) is 0 Å². The summed E-state index contributed by atoms with van der Waals surface area (Å²) in [7, 11) is 1.67. The number of quaternary nitrogens is 1. The highest BCUT2D eigenvalue weighted by Crippen LogP contribution is 2.31. The predicted octanol–water partition coefficient (Wildman–Crippen LogP) is 0.460. The third kappa shape index (κ3) is 4.08. The van der Waals surface area contributed by atoms with Crippen molar-refractivity contribution in [2.75, 3.05) is 20.2 Å². The third-order valence-corrected chi connectivity index (χ3v) is 5.25. The molecule has 0 bridgehead atoms. The largest absolute Gasteiger partial charge is 1.00 e. The van der Waals surface area contributed by atoms with Crippen LogP contribution in [-0.4, -0.2) is 20.2 Å². The molecular formula is C23H28ClNO3. The zero-order valence-electron chi connectivity index (χ0n) is 17.0. The standard InChI is InChI=1S/C23H27NO3.ClH/c1-5-17-21(25)18-13-14-20(26-4)19(15-24(6-2)7-3)23(18)27-22(17)16-11-9-8-10-12-16;/h8-14H,5-7,15H2,1-4H3;1H. The quantitative estimate of drug-likeness (QED) is 0.625. The first-order valence-electron chi connectivity index (χ1n) is 9.69. The smallest absolute Gasteiger partial charge is 0.196 e. The number of ether oxygens (including phenoxy) is 1. The molecule has 0 fully saturated rings. The molecule has 28 heavy (non-hydrogen) atoms. The van der Waals surface area contributed by atoms with Crippen molar-refractivity contribution in [3.8, 4) is 17.1 Å². The van der Waals surface area contributed by atoms with E-state index in [1.165, 1.54) is 4.90 Å². The molecule has 5 heteroatoms. The Morgan fingerprint density at radius 2 is 1.64 bits per heavy atom. The maximum Gasteiger partial charge on any atom is 0.196 e. The maximum absolute atomic E-state index is 13.2. The Morgan fingerprint density at radius 3 is 2.21 bits per heavy atom. The Bertz CT molecular complexity index is 979. The molecule has 150 valence electrons. The molecule has 4 nitrogen and oxygen atoms in total. The number of fused-ring (bicyclic) bond motifs is 1. The lowest BCUT2D eigenvalue weighted by Crippen LogP contribution is -3.10. The highest BCUT2D eigenvalue weighted by molar-refractivity contribution is 5.85. The summed E-state index contributed by atoms with van der Waals surface area (Å²) in [6.45, 7) is 9.08. The topological polar surface area (TPSA) is 43.9 Å². The average Bonchev–Trinajstić information content (AvgIpc) is 2.72. The van der Waals surface area contributed by atoms with Gasteiger partial charge in [-0.1, -0.05) is 37.3 Å². The Morgan fingerprint density at radius 1 is 0.964 bits per heavy atom. The molecule has 0 radical (unpaired) electrons. The van der Waals surface area contributed by atoms with Gasteiger partial charge in [-0.05, 0) is 32.4 Å². The minimum atomic E-state index is 0. The van der Waals surface area contributed by atoms with E-state index in [-0.39, 0.29) is 17.8 Å². The van der Waals surface area contributed by atoms with Gasteiger partial charge in [0.25, 0.3) is 0 Å². The molecule has 1 N–H and O–H groups in total. The first kappa shape index (κ1) is 22.0. The summed E-state index contributed by atoms with van der Waals surface area (Å²) in [6, 6.07) is 13.6. The van der Waals surface area contributed by atoms with E-state index in [0.717, 1.165) is 42.1 Å². The van der Waals surface area contributed by atoms with E-state index in [0.29, 0.717) is 23.2 Å². The van der Waals surface area contributed by atoms with Gasteiger partial charge in [0.2, 0.25) is 0 Å². The minimum Gasteiger partial charge on any atom is -1.00 e. The van der Waals surface area contributed by atoms with E-state index in [4.69, 9.17) is 9.15 Å². The summed E-state index contributed by atoms with van der Waals surface area (Å²) in [5.41, 5.74) is 3.31. The number of halogens is 1. The van der Waals surface area contributed by atoms with Gasteiger partial charge in [-0.15, -0.1) is 0 Å². The molecule has 2 aromatic carbocycles. The molecule has 0 unspecified atom stereocenters. The van der Waals surface area contributed by atoms with E-state index in [1.54, 1.807) is 7.11 Å². The van der Waals surface area contributed by atoms with Crippen molar-refractivity contribution in [1.82, 2.24) is 0 Å². The monoisotopic (exact) mass is 401 g/mol. The lowest BCUT2D eigenvalue weighted by Gasteiger charge is -2.19. The molecule has 0 aliphatic rings. The zero-order chi connectivity index (χ0) is 19.4. The van der Waals surface area contributed by atoms with E-state index in [2.05, 4.69) is 13.8 Å². The van der Waals surface area contributed by atoms with Crippen LogP contribution in [0.5, 0.6) is 5.75 Å². The number of methoxy groups -OCH3 is 1. The SMILES string of the molecule is CCc1c(-c2ccccc2)oc2c(C[NH+](CC)CC)c(OC)ccc2c1=O.[Cl-]. The first-order valence-corrected chi connectivity index (χ1v) is 9.69. The fourth-order valence-corrected chi connectivity index (χ4v) is 3.59. The fraction of sp³-hybridized carbons (Fsp3) is 0.348. The van der Waals surface area contributed by atoms with E-state index in [9.17, 15) is 4.79 Å². The second-order valence-corrected chi connectivity index (χ2v) is 6.72. The number of nitrogens with one attached hydrogen (secondary N) is 1. The molecule has 0 spiro atoms. The van der Waals surface area contributed by atoms with Gasteiger partial charge in [-0.2, -0.15) is 0 Å². The minimum absolute atomic E-state index is 0. The Kier molecular flexibility index (Phi) is 7.67. The second kappa shape index (κ2) is 9.76. The number of hydrogen-bond acceptors (Lipinski definition) is 3. The first-order chi connectivity index (χ1) is 13.1. The van der Waals surface area contributed by atoms with Crippen molar-refractivity contribution in [3.05, 3.63) is 63.8 Å². The highest BCUT2D eigenvalue weighted by Gasteiger charge is 2.21. The van der Waals surface area contributed by atoms with Gasteiger partial charge in [-0.3, -0.25) is 4.79 Å². The summed E-state index contributed by atoms with van der Waals surface area (Å²) >= 11 is 0. The normalized spacial score (nSPS) is 10.9. The van der Waals surface area contributed by atoms with Crippen LogP contribution in [0.1, 0.15) is 31.9 Å². The Labute approximate surface area is 172 Å². The number of hydrogen-bond donors (Lipinski definition) is 1. The van der Waals surface area contributed by atoms with Crippen LogP contribution in [0.4, 0.5) is 0 Å². The van der Waals surface area contributed by atoms with Crippen LogP contribution in [0.2, 0.25) is 0 Å². The lowest BCUT2D eigenvalue weighted by atomic mass is 10.0. The molecule has 1 heterocycles. The Balaban J connectivity index is 0.00000280. The summed E-state index contributed by atoms with van der Waals surface area (Å²) in [5.74, 6) is 1.44. The average molecular weight is 402 g/mol. The second-order valence-electron chi connectivity index (χ2n) is 6.72. The van der Waals surface area contributed by atoms with Crippen LogP contribution in [0.25, 0.3) is 22.3 Å². The highest BCUT2D eigenvalue weighted by atomic mass is 35.5. The van der Waals surface area contributed by atoms with Crippen LogP contribution in [0.15, 0.2) is 51.7 Å². The summed E-state index contributed by atoms with van der Waals surface area (Å²) in [6.07, 6.45) is 0.630. The van der Waals surface area contributed by atoms with Crippen molar-refractivity contribution in [1.29, 1.82) is 0 Å². The van der Waals surface area contributed by atoms with Crippen molar-refractivity contribution in [2.45, 2.75) is 33.7 Å². The maximum atomic E-state index is 13.2. The van der Waals surface area contributed by atoms with Crippen molar-refractivity contribution in [2.24, 2.45) is 0 Å². The van der Waals surface area contributed by atoms with Crippen LogP contribution in [0.3, 0.4) is 0 Å². The molecule has 0 saturated carbocycles. The summed E-state index contributed by atoms with van der Waals surface area (Å²) in [5, 5.41) is 0.633. The van der Waals surface area contributed by atoms with E-state index < -0.39 is 0 Å². The van der Waals surface area contributed by atoms with Crippen molar-refractivity contribution in [3.63, 3.8) is 0 Å². The van der Waals surface area contributed by atoms with Crippen LogP contribution < -0.4 is 27.5 Å². The lowest BCUT2D eigenvalue weighted by molar-refractivity contribution is -0.910. The molecular weight excluding hydrogens is 374 g/mol. The van der Waals surface area contributed by atoms with Crippen LogP contribution in [-0.2, 0) is 13.0 Å². The van der Waals surface area contributed by atoms with Crippen molar-refractivity contribution >= 4 is 11.0 Å². The van der Waals surface area contributed by atoms with E-state index in [1.807, 2.05) is 49.4 Å². The molecule has 0 saturated heterocycles. The van der Waals surface area contributed by atoms with Gasteiger partial charge in [0, 0.05) is 11.1 Å². The van der Waals surface area contributed by atoms with E-state index >= 15 is 0 Å². The summed E-state index contributed by atoms with van der Waals surface area (Å²) < 4.78 is 12.0. The van der Waals surface area contributed by atoms with Gasteiger partial charge in [0.05, 0.1) is 31.1 Å². The van der Waals surface area contributed by atoms with Crippen molar-refractivity contribution < 1.29 is 26.5 Å². The summed E-state index contributed by atoms with van der Waals surface area (Å²) in [4.78, 5) is 14.6. The molecule has 3 aromatic rings. The number of benzene rings is 2. The Hall–Kier alpha value is -2.30. The molecule has 0 amide bonds. The molecule has 0 atom stereocenters. The fourth-order valence-electron chi connectivity index (χ4n) is 3.59. The van der Waals surface area contributed by atoms with Gasteiger partial charge < -0.3 is 26.5 Å². The predicted molar refractivity (Wildman–Crippen MR) is 110 cm³/mol. The van der Waals surface area contributed by atoms with Gasteiger partial charge >= 0.3 is 0 Å². The van der Waals surface area contributed by atoms with Crippen LogP contribution >= 0.6 is 0 Å². The molecule has 1 aromatic heterocycles. The van der Waals surface area contributed by atoms with Gasteiger partial charge in [0.1, 0.15) is 18.1 Å². The van der Waals surface area contributed by atoms with Gasteiger partial charge in [0.15, 0.2) is 11.0 Å². The zero-order valence-corrected chi connectivity index (χ0v) is 17.7. The number of rotatable bonds is 7. The molecule has 3 rings (SSSR count). The molecule has 0 aliphatic carbocycles. The van der Waals surface area contributed by atoms with Crippen LogP contribution in [0, 0.1) is 0 Å². The molecule has 0 aliphatic heterocycles.